The minimum Gasteiger partial charge on any atom is -0.348 e. The molecule has 18 heavy (non-hydrogen) atoms. The maximum absolute atomic E-state index is 11.7. The molecule has 0 aromatic carbocycles. The molecule has 2 rings (SSSR count). The molecule has 0 saturated carbocycles. The van der Waals surface area contributed by atoms with Crippen molar-refractivity contribution in [3.63, 3.8) is 0 Å². The average Bonchev–Trinajstić information content (AvgIpc) is 2.37. The van der Waals surface area contributed by atoms with Crippen LogP contribution in [0.5, 0.6) is 0 Å². The van der Waals surface area contributed by atoms with Crippen LogP contribution in [0.4, 0.5) is 0 Å². The standard InChI is InChI=1S/C11H10N4O3/c16-9(8-6-14-11(18)15-10(8)17)13-5-7-2-1-3-12-4-7/h1-4,6H,5H2,(H,13,16)(H2,14,15,17,18). The number of H-pyrrole nitrogens is 2. The highest BCUT2D eigenvalue weighted by Gasteiger charge is 2.10. The van der Waals surface area contributed by atoms with Gasteiger partial charge in [-0.05, 0) is 11.6 Å². The molecule has 0 saturated heterocycles. The van der Waals surface area contributed by atoms with Gasteiger partial charge in [-0.15, -0.1) is 0 Å². The Morgan fingerprint density at radius 1 is 1.39 bits per heavy atom. The number of aromatic nitrogens is 3. The number of carbonyl (C=O) groups excluding carboxylic acids is 1. The lowest BCUT2D eigenvalue weighted by molar-refractivity contribution is 0.0949. The molecule has 0 bridgehead atoms. The van der Waals surface area contributed by atoms with E-state index >= 15 is 0 Å². The molecule has 1 amide bonds. The van der Waals surface area contributed by atoms with E-state index in [1.807, 2.05) is 4.98 Å². The summed E-state index contributed by atoms with van der Waals surface area (Å²) in [6.45, 7) is 0.255. The Hall–Kier alpha value is -2.70. The predicted molar refractivity (Wildman–Crippen MR) is 63.1 cm³/mol. The van der Waals surface area contributed by atoms with Crippen molar-refractivity contribution in [2.45, 2.75) is 6.54 Å². The number of hydrogen-bond donors (Lipinski definition) is 3. The average molecular weight is 246 g/mol. The fourth-order valence-corrected chi connectivity index (χ4v) is 1.36. The highest BCUT2D eigenvalue weighted by atomic mass is 16.2. The largest absolute Gasteiger partial charge is 0.348 e. The van der Waals surface area contributed by atoms with Gasteiger partial charge in [0.05, 0.1) is 0 Å². The normalized spacial score (nSPS) is 10.0. The highest BCUT2D eigenvalue weighted by Crippen LogP contribution is 1.95. The first-order valence-corrected chi connectivity index (χ1v) is 5.16. The second-order valence-electron chi connectivity index (χ2n) is 3.53. The summed E-state index contributed by atoms with van der Waals surface area (Å²) in [4.78, 5) is 41.9. The van der Waals surface area contributed by atoms with Crippen LogP contribution in [-0.2, 0) is 6.54 Å². The Labute approximate surface area is 101 Å². The van der Waals surface area contributed by atoms with Gasteiger partial charge < -0.3 is 10.3 Å². The van der Waals surface area contributed by atoms with Crippen molar-refractivity contribution < 1.29 is 4.79 Å². The van der Waals surface area contributed by atoms with E-state index in [-0.39, 0.29) is 12.1 Å². The molecule has 0 unspecified atom stereocenters. The molecule has 0 aliphatic rings. The fourth-order valence-electron chi connectivity index (χ4n) is 1.36. The van der Waals surface area contributed by atoms with Crippen LogP contribution in [0.2, 0.25) is 0 Å². The van der Waals surface area contributed by atoms with Crippen LogP contribution in [0.1, 0.15) is 15.9 Å². The Bertz CT molecular complexity index is 660. The minimum atomic E-state index is -0.720. The maximum atomic E-state index is 11.7. The molecule has 2 aromatic rings. The number of hydrogen-bond acceptors (Lipinski definition) is 4. The van der Waals surface area contributed by atoms with Gasteiger partial charge >= 0.3 is 5.69 Å². The van der Waals surface area contributed by atoms with E-state index in [9.17, 15) is 14.4 Å². The Morgan fingerprint density at radius 3 is 2.89 bits per heavy atom. The van der Waals surface area contributed by atoms with E-state index < -0.39 is 17.2 Å². The fraction of sp³-hybridized carbons (Fsp3) is 0.0909. The SMILES string of the molecule is O=C(NCc1cccnc1)c1c[nH]c(=O)[nH]c1=O. The van der Waals surface area contributed by atoms with Gasteiger partial charge in [0.15, 0.2) is 0 Å². The second kappa shape index (κ2) is 5.09. The van der Waals surface area contributed by atoms with E-state index in [4.69, 9.17) is 0 Å². The molecule has 3 N–H and O–H groups in total. The van der Waals surface area contributed by atoms with Gasteiger partial charge in [-0.2, -0.15) is 0 Å². The number of nitrogens with one attached hydrogen (secondary N) is 3. The van der Waals surface area contributed by atoms with Crippen LogP contribution in [0.15, 0.2) is 40.3 Å². The van der Waals surface area contributed by atoms with Crippen molar-refractivity contribution in [2.24, 2.45) is 0 Å². The maximum Gasteiger partial charge on any atom is 0.325 e. The van der Waals surface area contributed by atoms with Gasteiger partial charge in [-0.3, -0.25) is 19.6 Å². The summed E-state index contributed by atoms with van der Waals surface area (Å²) in [6, 6.07) is 3.54. The van der Waals surface area contributed by atoms with Gasteiger partial charge in [-0.25, -0.2) is 4.79 Å². The van der Waals surface area contributed by atoms with Crippen molar-refractivity contribution in [3.8, 4) is 0 Å². The van der Waals surface area contributed by atoms with Crippen molar-refractivity contribution in [3.05, 3.63) is 62.7 Å². The van der Waals surface area contributed by atoms with Gasteiger partial charge in [0, 0.05) is 25.1 Å². The van der Waals surface area contributed by atoms with Gasteiger partial charge in [-0.1, -0.05) is 6.07 Å². The highest BCUT2D eigenvalue weighted by molar-refractivity contribution is 5.93. The molecule has 92 valence electrons. The summed E-state index contributed by atoms with van der Waals surface area (Å²) < 4.78 is 0. The smallest absolute Gasteiger partial charge is 0.325 e. The molecule has 7 nitrogen and oxygen atoms in total. The number of carbonyl (C=O) groups is 1. The molecule has 2 aromatic heterocycles. The number of amides is 1. The summed E-state index contributed by atoms with van der Waals surface area (Å²) in [7, 11) is 0. The zero-order valence-electron chi connectivity index (χ0n) is 9.27. The first kappa shape index (κ1) is 11.8. The van der Waals surface area contributed by atoms with Crippen molar-refractivity contribution in [2.75, 3.05) is 0 Å². The van der Waals surface area contributed by atoms with Crippen LogP contribution >= 0.6 is 0 Å². The van der Waals surface area contributed by atoms with E-state index in [2.05, 4.69) is 15.3 Å². The van der Waals surface area contributed by atoms with Gasteiger partial charge in [0.25, 0.3) is 11.5 Å². The first-order chi connectivity index (χ1) is 8.66. The number of rotatable bonds is 3. The molecule has 0 atom stereocenters. The first-order valence-electron chi connectivity index (χ1n) is 5.16. The van der Waals surface area contributed by atoms with Crippen molar-refractivity contribution in [1.29, 1.82) is 0 Å². The molecular formula is C11H10N4O3. The molecule has 0 aliphatic heterocycles. The van der Waals surface area contributed by atoms with Crippen LogP contribution in [0, 0.1) is 0 Å². The van der Waals surface area contributed by atoms with Crippen LogP contribution in [0.25, 0.3) is 0 Å². The quantitative estimate of drug-likeness (QED) is 0.671. The summed E-state index contributed by atoms with van der Waals surface area (Å²) in [5.74, 6) is -0.559. The number of nitrogens with zero attached hydrogens (tertiary/aromatic N) is 1. The molecular weight excluding hydrogens is 236 g/mol. The lowest BCUT2D eigenvalue weighted by Gasteiger charge is -2.03. The lowest BCUT2D eigenvalue weighted by atomic mass is 10.2. The molecule has 7 heteroatoms. The van der Waals surface area contributed by atoms with Gasteiger partial charge in [0.1, 0.15) is 5.56 Å². The third-order valence-electron chi connectivity index (χ3n) is 2.24. The summed E-state index contributed by atoms with van der Waals surface area (Å²) >= 11 is 0. The van der Waals surface area contributed by atoms with Crippen LogP contribution in [-0.4, -0.2) is 20.9 Å². The summed E-state index contributed by atoms with van der Waals surface area (Å²) in [6.07, 6.45) is 4.31. The number of aromatic amines is 2. The van der Waals surface area contributed by atoms with Gasteiger partial charge in [0.2, 0.25) is 0 Å². The zero-order valence-corrected chi connectivity index (χ0v) is 9.27. The third-order valence-corrected chi connectivity index (χ3v) is 2.24. The van der Waals surface area contributed by atoms with Crippen molar-refractivity contribution >= 4 is 5.91 Å². The minimum absolute atomic E-state index is 0.140. The van der Waals surface area contributed by atoms with Crippen LogP contribution in [0.3, 0.4) is 0 Å². The molecule has 0 fully saturated rings. The zero-order chi connectivity index (χ0) is 13.0. The van der Waals surface area contributed by atoms with E-state index in [1.54, 1.807) is 24.5 Å². The molecule has 0 aliphatic carbocycles. The van der Waals surface area contributed by atoms with E-state index in [1.165, 1.54) is 0 Å². The summed E-state index contributed by atoms with van der Waals surface area (Å²) in [5, 5.41) is 2.55. The van der Waals surface area contributed by atoms with E-state index in [0.29, 0.717) is 0 Å². The molecule has 0 spiro atoms. The Balaban J connectivity index is 2.09. The second-order valence-corrected chi connectivity index (χ2v) is 3.53. The van der Waals surface area contributed by atoms with Crippen molar-refractivity contribution in [1.82, 2.24) is 20.3 Å². The predicted octanol–water partition coefficient (Wildman–Crippen LogP) is -0.612. The third kappa shape index (κ3) is 2.70. The topological polar surface area (TPSA) is 108 Å². The monoisotopic (exact) mass is 246 g/mol. The van der Waals surface area contributed by atoms with E-state index in [0.717, 1.165) is 11.8 Å². The van der Waals surface area contributed by atoms with Crippen LogP contribution < -0.4 is 16.6 Å². The molecule has 0 radical (unpaired) electrons. The lowest BCUT2D eigenvalue weighted by Crippen LogP contribution is -2.33. The Kier molecular flexibility index (Phi) is 3.33. The molecule has 2 heterocycles. The number of pyridine rings is 1. The Morgan fingerprint density at radius 2 is 2.22 bits per heavy atom. The summed E-state index contributed by atoms with van der Waals surface area (Å²) in [5.41, 5.74) is -0.698.